The van der Waals surface area contributed by atoms with Crippen LogP contribution in [0.25, 0.3) is 0 Å². The first kappa shape index (κ1) is 15.0. The monoisotopic (exact) mass is 304 g/mol. The molecule has 2 fully saturated rings. The molecule has 118 valence electrons. The minimum absolute atomic E-state index is 0.0703. The summed E-state index contributed by atoms with van der Waals surface area (Å²) in [6, 6.07) is 6.43. The molecule has 1 N–H and O–H groups in total. The zero-order valence-electron chi connectivity index (χ0n) is 12.6. The van der Waals surface area contributed by atoms with Crippen LogP contribution in [0.15, 0.2) is 24.3 Å². The molecule has 1 aromatic rings. The molecule has 2 amide bonds. The van der Waals surface area contributed by atoms with Gasteiger partial charge < -0.3 is 10.2 Å². The number of para-hydroxylation sites is 1. The SMILES string of the molecule is O=C(NC1CCCCC1)C1CC(=O)N(c2ccccc2F)C1. The van der Waals surface area contributed by atoms with Crippen LogP contribution in [0.2, 0.25) is 0 Å². The van der Waals surface area contributed by atoms with Crippen LogP contribution < -0.4 is 10.2 Å². The van der Waals surface area contributed by atoms with Crippen molar-refractivity contribution in [3.8, 4) is 0 Å². The number of hydrogen-bond donors (Lipinski definition) is 1. The molecule has 1 saturated heterocycles. The van der Waals surface area contributed by atoms with Crippen LogP contribution in [-0.4, -0.2) is 24.4 Å². The first-order valence-electron chi connectivity index (χ1n) is 8.00. The molecule has 1 aliphatic heterocycles. The molecule has 1 aromatic carbocycles. The van der Waals surface area contributed by atoms with E-state index in [4.69, 9.17) is 0 Å². The predicted molar refractivity (Wildman–Crippen MR) is 81.9 cm³/mol. The zero-order valence-corrected chi connectivity index (χ0v) is 12.6. The molecule has 22 heavy (non-hydrogen) atoms. The van der Waals surface area contributed by atoms with Gasteiger partial charge in [0, 0.05) is 19.0 Å². The Bertz CT molecular complexity index is 570. The van der Waals surface area contributed by atoms with Crippen molar-refractivity contribution in [2.45, 2.75) is 44.6 Å². The van der Waals surface area contributed by atoms with Crippen molar-refractivity contribution in [3.63, 3.8) is 0 Å². The fourth-order valence-corrected chi connectivity index (χ4v) is 3.35. The van der Waals surface area contributed by atoms with Crippen molar-refractivity contribution in [2.24, 2.45) is 5.92 Å². The first-order chi connectivity index (χ1) is 10.6. The number of benzene rings is 1. The fraction of sp³-hybridized carbons (Fsp3) is 0.529. The van der Waals surface area contributed by atoms with E-state index in [1.54, 1.807) is 18.2 Å². The topological polar surface area (TPSA) is 49.4 Å². The van der Waals surface area contributed by atoms with Gasteiger partial charge in [-0.05, 0) is 25.0 Å². The van der Waals surface area contributed by atoms with Gasteiger partial charge in [-0.2, -0.15) is 0 Å². The van der Waals surface area contributed by atoms with Gasteiger partial charge in [0.1, 0.15) is 5.82 Å². The molecule has 0 radical (unpaired) electrons. The maximum Gasteiger partial charge on any atom is 0.227 e. The summed E-state index contributed by atoms with van der Waals surface area (Å²) < 4.78 is 13.8. The van der Waals surface area contributed by atoms with Crippen molar-refractivity contribution < 1.29 is 14.0 Å². The molecular formula is C17H21FN2O2. The molecule has 3 rings (SSSR count). The normalized spacial score (nSPS) is 22.9. The van der Waals surface area contributed by atoms with E-state index in [1.807, 2.05) is 0 Å². The maximum atomic E-state index is 13.8. The van der Waals surface area contributed by atoms with Gasteiger partial charge in [0.15, 0.2) is 0 Å². The van der Waals surface area contributed by atoms with Gasteiger partial charge >= 0.3 is 0 Å². The van der Waals surface area contributed by atoms with Gasteiger partial charge in [-0.25, -0.2) is 4.39 Å². The van der Waals surface area contributed by atoms with Crippen molar-refractivity contribution in [3.05, 3.63) is 30.1 Å². The lowest BCUT2D eigenvalue weighted by Crippen LogP contribution is -2.40. The van der Waals surface area contributed by atoms with Gasteiger partial charge in [-0.3, -0.25) is 9.59 Å². The van der Waals surface area contributed by atoms with Crippen LogP contribution in [0, 0.1) is 11.7 Å². The van der Waals surface area contributed by atoms with Crippen LogP contribution in [0.1, 0.15) is 38.5 Å². The molecule has 0 spiro atoms. The average Bonchev–Trinajstić information content (AvgIpc) is 2.91. The Labute approximate surface area is 129 Å². The standard InChI is InChI=1S/C17H21FN2O2/c18-14-8-4-5-9-15(14)20-11-12(10-16(20)21)17(22)19-13-6-2-1-3-7-13/h4-5,8-9,12-13H,1-3,6-7,10-11H2,(H,19,22). The highest BCUT2D eigenvalue weighted by atomic mass is 19.1. The lowest BCUT2D eigenvalue weighted by molar-refractivity contribution is -0.127. The third-order valence-electron chi connectivity index (χ3n) is 4.59. The maximum absolute atomic E-state index is 13.8. The highest BCUT2D eigenvalue weighted by Crippen LogP contribution is 2.28. The summed E-state index contributed by atoms with van der Waals surface area (Å²) in [5.74, 6) is -1.06. The van der Waals surface area contributed by atoms with Gasteiger partial charge in [-0.1, -0.05) is 31.4 Å². The van der Waals surface area contributed by atoms with E-state index in [0.717, 1.165) is 25.7 Å². The Morgan fingerprint density at radius 1 is 1.18 bits per heavy atom. The first-order valence-corrected chi connectivity index (χ1v) is 8.00. The number of halogens is 1. The summed E-state index contributed by atoms with van der Waals surface area (Å²) in [6.07, 6.45) is 5.72. The van der Waals surface area contributed by atoms with Crippen LogP contribution >= 0.6 is 0 Å². The lowest BCUT2D eigenvalue weighted by atomic mass is 9.95. The molecule has 4 nitrogen and oxygen atoms in total. The fourth-order valence-electron chi connectivity index (χ4n) is 3.35. The molecule has 0 aromatic heterocycles. The minimum atomic E-state index is -0.427. The number of nitrogens with one attached hydrogen (secondary N) is 1. The van der Waals surface area contributed by atoms with E-state index in [0.29, 0.717) is 0 Å². The van der Waals surface area contributed by atoms with Gasteiger partial charge in [0.25, 0.3) is 0 Å². The Morgan fingerprint density at radius 3 is 2.64 bits per heavy atom. The number of rotatable bonds is 3. The third-order valence-corrected chi connectivity index (χ3v) is 4.59. The molecule has 0 bridgehead atoms. The van der Waals surface area contributed by atoms with Crippen molar-refractivity contribution >= 4 is 17.5 Å². The minimum Gasteiger partial charge on any atom is -0.353 e. The second-order valence-corrected chi connectivity index (χ2v) is 6.20. The van der Waals surface area contributed by atoms with Gasteiger partial charge in [0.05, 0.1) is 11.6 Å². The van der Waals surface area contributed by atoms with Crippen LogP contribution in [0.5, 0.6) is 0 Å². The van der Waals surface area contributed by atoms with Gasteiger partial charge in [0.2, 0.25) is 11.8 Å². The number of amides is 2. The molecule has 1 saturated carbocycles. The molecule has 1 atom stereocenters. The highest BCUT2D eigenvalue weighted by Gasteiger charge is 2.36. The summed E-state index contributed by atoms with van der Waals surface area (Å²) in [7, 11) is 0. The molecule has 2 aliphatic rings. The summed E-state index contributed by atoms with van der Waals surface area (Å²) in [4.78, 5) is 25.8. The van der Waals surface area contributed by atoms with E-state index in [1.165, 1.54) is 17.4 Å². The van der Waals surface area contributed by atoms with E-state index in [2.05, 4.69) is 5.32 Å². The van der Waals surface area contributed by atoms with E-state index in [9.17, 15) is 14.0 Å². The quantitative estimate of drug-likeness (QED) is 0.933. The molecule has 1 heterocycles. The number of anilines is 1. The van der Waals surface area contributed by atoms with Crippen molar-refractivity contribution in [1.29, 1.82) is 0 Å². The molecule has 1 unspecified atom stereocenters. The van der Waals surface area contributed by atoms with E-state index < -0.39 is 5.82 Å². The summed E-state index contributed by atoms with van der Waals surface area (Å²) >= 11 is 0. The summed E-state index contributed by atoms with van der Waals surface area (Å²) in [6.45, 7) is 0.262. The number of nitrogens with zero attached hydrogens (tertiary/aromatic N) is 1. The largest absolute Gasteiger partial charge is 0.353 e. The molecule has 5 heteroatoms. The van der Waals surface area contributed by atoms with Crippen LogP contribution in [0.3, 0.4) is 0 Å². The van der Waals surface area contributed by atoms with Crippen molar-refractivity contribution in [1.82, 2.24) is 5.32 Å². The second kappa shape index (κ2) is 6.46. The van der Waals surface area contributed by atoms with Crippen LogP contribution in [0.4, 0.5) is 10.1 Å². The highest BCUT2D eigenvalue weighted by molar-refractivity contribution is 6.00. The summed E-state index contributed by atoms with van der Waals surface area (Å²) in [5.41, 5.74) is 0.264. The third kappa shape index (κ3) is 3.13. The predicted octanol–water partition coefficient (Wildman–Crippen LogP) is 2.63. The molecule has 1 aliphatic carbocycles. The van der Waals surface area contributed by atoms with Crippen LogP contribution in [-0.2, 0) is 9.59 Å². The Hall–Kier alpha value is -1.91. The Kier molecular flexibility index (Phi) is 4.41. The Morgan fingerprint density at radius 2 is 1.91 bits per heavy atom. The molecular weight excluding hydrogens is 283 g/mol. The second-order valence-electron chi connectivity index (χ2n) is 6.20. The number of carbonyl (C=O) groups is 2. The number of hydrogen-bond acceptors (Lipinski definition) is 2. The van der Waals surface area contributed by atoms with Crippen molar-refractivity contribution in [2.75, 3.05) is 11.4 Å². The Balaban J connectivity index is 1.64. The zero-order chi connectivity index (χ0) is 15.5. The average molecular weight is 304 g/mol. The van der Waals surface area contributed by atoms with E-state index >= 15 is 0 Å². The summed E-state index contributed by atoms with van der Waals surface area (Å²) in [5, 5.41) is 3.06. The van der Waals surface area contributed by atoms with E-state index in [-0.39, 0.29) is 42.4 Å². The number of carbonyl (C=O) groups excluding carboxylic acids is 2. The lowest BCUT2D eigenvalue weighted by Gasteiger charge is -2.24. The smallest absolute Gasteiger partial charge is 0.227 e. The van der Waals surface area contributed by atoms with Gasteiger partial charge in [-0.15, -0.1) is 0 Å².